The second-order valence-corrected chi connectivity index (χ2v) is 5.94. The van der Waals surface area contributed by atoms with Crippen LogP contribution in [0.1, 0.15) is 17.3 Å². The molecule has 0 fully saturated rings. The van der Waals surface area contributed by atoms with E-state index in [0.29, 0.717) is 23.6 Å². The number of hydrogen-bond acceptors (Lipinski definition) is 5. The summed E-state index contributed by atoms with van der Waals surface area (Å²) in [6, 6.07) is 4.74. The highest BCUT2D eigenvalue weighted by Crippen LogP contribution is 2.22. The van der Waals surface area contributed by atoms with Crippen molar-refractivity contribution in [3.63, 3.8) is 0 Å². The lowest BCUT2D eigenvalue weighted by Gasteiger charge is -2.09. The van der Waals surface area contributed by atoms with Gasteiger partial charge in [-0.25, -0.2) is 13.1 Å². The van der Waals surface area contributed by atoms with Gasteiger partial charge in [-0.2, -0.15) is 0 Å². The first-order valence-electron chi connectivity index (χ1n) is 6.08. The van der Waals surface area contributed by atoms with Gasteiger partial charge in [0.2, 0.25) is 10.0 Å². The predicted molar refractivity (Wildman–Crippen MR) is 77.2 cm³/mol. The summed E-state index contributed by atoms with van der Waals surface area (Å²) in [6.45, 7) is 2.66. The maximum absolute atomic E-state index is 11.8. The zero-order valence-corrected chi connectivity index (χ0v) is 12.3. The van der Waals surface area contributed by atoms with Crippen LogP contribution in [0, 0.1) is 0 Å². The third kappa shape index (κ3) is 5.45. The van der Waals surface area contributed by atoms with E-state index < -0.39 is 10.0 Å². The number of benzene rings is 1. The van der Waals surface area contributed by atoms with Gasteiger partial charge in [-0.15, -0.1) is 0 Å². The van der Waals surface area contributed by atoms with Crippen LogP contribution in [0.25, 0.3) is 0 Å². The number of nitrogens with one attached hydrogen (secondary N) is 2. The molecule has 0 spiro atoms. The summed E-state index contributed by atoms with van der Waals surface area (Å²) >= 11 is 0. The first-order valence-corrected chi connectivity index (χ1v) is 7.97. The third-order valence-corrected chi connectivity index (χ3v) is 3.08. The van der Waals surface area contributed by atoms with E-state index in [1.54, 1.807) is 12.1 Å². The Labute approximate surface area is 118 Å². The molecule has 0 saturated heterocycles. The largest absolute Gasteiger partial charge is 0.492 e. The van der Waals surface area contributed by atoms with Crippen molar-refractivity contribution < 1.29 is 17.9 Å². The summed E-state index contributed by atoms with van der Waals surface area (Å²) in [5.74, 6) is 0.206. The van der Waals surface area contributed by atoms with Gasteiger partial charge >= 0.3 is 0 Å². The van der Waals surface area contributed by atoms with Gasteiger partial charge in [0.1, 0.15) is 5.75 Å². The van der Waals surface area contributed by atoms with Crippen LogP contribution in [-0.2, 0) is 10.0 Å². The number of nitrogen functional groups attached to an aromatic ring is 1. The Balaban J connectivity index is 2.53. The SMILES string of the molecule is CCOc1ccc(C(=O)NCCNS(C)(=O)=O)cc1N. The van der Waals surface area contributed by atoms with Crippen molar-refractivity contribution in [1.29, 1.82) is 0 Å². The smallest absolute Gasteiger partial charge is 0.251 e. The lowest BCUT2D eigenvalue weighted by molar-refractivity contribution is 0.0954. The molecule has 1 rings (SSSR count). The number of carbonyl (C=O) groups excluding carboxylic acids is 1. The fourth-order valence-electron chi connectivity index (χ4n) is 1.49. The second kappa shape index (κ2) is 7.11. The van der Waals surface area contributed by atoms with Crippen molar-refractivity contribution in [3.05, 3.63) is 23.8 Å². The van der Waals surface area contributed by atoms with Gasteiger partial charge in [-0.05, 0) is 25.1 Å². The van der Waals surface area contributed by atoms with Crippen LogP contribution in [0.2, 0.25) is 0 Å². The molecule has 1 aromatic rings. The van der Waals surface area contributed by atoms with Crippen molar-refractivity contribution in [2.45, 2.75) is 6.92 Å². The van der Waals surface area contributed by atoms with Crippen molar-refractivity contribution >= 4 is 21.6 Å². The quantitative estimate of drug-likeness (QED) is 0.483. The molecular formula is C12H19N3O4S. The minimum atomic E-state index is -3.24. The maximum Gasteiger partial charge on any atom is 0.251 e. The molecule has 112 valence electrons. The van der Waals surface area contributed by atoms with Crippen LogP contribution < -0.4 is 20.5 Å². The Bertz CT molecular complexity index is 572. The number of sulfonamides is 1. The van der Waals surface area contributed by atoms with Crippen LogP contribution in [0.5, 0.6) is 5.75 Å². The van der Waals surface area contributed by atoms with E-state index in [0.717, 1.165) is 6.26 Å². The molecule has 20 heavy (non-hydrogen) atoms. The zero-order chi connectivity index (χ0) is 15.2. The van der Waals surface area contributed by atoms with Gasteiger partial charge in [0.25, 0.3) is 5.91 Å². The van der Waals surface area contributed by atoms with E-state index in [2.05, 4.69) is 10.0 Å². The fraction of sp³-hybridized carbons (Fsp3) is 0.417. The Kier molecular flexibility index (Phi) is 5.78. The molecule has 7 nitrogen and oxygen atoms in total. The standard InChI is InChI=1S/C12H19N3O4S/c1-3-19-11-5-4-9(8-10(11)13)12(16)14-6-7-15-20(2,17)18/h4-5,8,15H,3,6-7,13H2,1-2H3,(H,14,16). The first kappa shape index (κ1) is 16.3. The molecule has 0 saturated carbocycles. The van der Waals surface area contributed by atoms with E-state index in [4.69, 9.17) is 10.5 Å². The molecule has 1 amide bonds. The van der Waals surface area contributed by atoms with Gasteiger partial charge in [0.15, 0.2) is 0 Å². The average Bonchev–Trinajstić information content (AvgIpc) is 2.36. The molecule has 8 heteroatoms. The molecule has 0 heterocycles. The van der Waals surface area contributed by atoms with Gasteiger partial charge in [0, 0.05) is 18.7 Å². The molecular weight excluding hydrogens is 282 g/mol. The highest BCUT2D eigenvalue weighted by atomic mass is 32.2. The van der Waals surface area contributed by atoms with Crippen LogP contribution in [0.4, 0.5) is 5.69 Å². The Hall–Kier alpha value is -1.80. The van der Waals surface area contributed by atoms with Crippen LogP contribution in [0.15, 0.2) is 18.2 Å². The lowest BCUT2D eigenvalue weighted by atomic mass is 10.2. The average molecular weight is 301 g/mol. The highest BCUT2D eigenvalue weighted by Gasteiger charge is 2.08. The van der Waals surface area contributed by atoms with E-state index in [-0.39, 0.29) is 19.0 Å². The van der Waals surface area contributed by atoms with Crippen LogP contribution in [0.3, 0.4) is 0 Å². The Morgan fingerprint density at radius 1 is 1.35 bits per heavy atom. The number of anilines is 1. The molecule has 0 radical (unpaired) electrons. The molecule has 0 unspecified atom stereocenters. The molecule has 1 aromatic carbocycles. The first-order chi connectivity index (χ1) is 9.33. The van der Waals surface area contributed by atoms with E-state index in [9.17, 15) is 13.2 Å². The van der Waals surface area contributed by atoms with Crippen molar-refractivity contribution in [1.82, 2.24) is 10.0 Å². The van der Waals surface area contributed by atoms with E-state index in [1.165, 1.54) is 6.07 Å². The van der Waals surface area contributed by atoms with Gasteiger partial charge in [-0.1, -0.05) is 0 Å². The lowest BCUT2D eigenvalue weighted by Crippen LogP contribution is -2.34. The van der Waals surface area contributed by atoms with Gasteiger partial charge < -0.3 is 15.8 Å². The second-order valence-electron chi connectivity index (χ2n) is 4.11. The molecule has 0 aliphatic heterocycles. The molecule has 0 bridgehead atoms. The number of hydrogen-bond donors (Lipinski definition) is 3. The zero-order valence-electron chi connectivity index (χ0n) is 11.5. The number of rotatable bonds is 7. The topological polar surface area (TPSA) is 111 Å². The van der Waals surface area contributed by atoms with Crippen molar-refractivity contribution in [3.8, 4) is 5.75 Å². The highest BCUT2D eigenvalue weighted by molar-refractivity contribution is 7.88. The summed E-state index contributed by atoms with van der Waals surface area (Å²) in [7, 11) is -3.24. The van der Waals surface area contributed by atoms with Crippen molar-refractivity contribution in [2.24, 2.45) is 0 Å². The number of nitrogens with two attached hydrogens (primary N) is 1. The third-order valence-electron chi connectivity index (χ3n) is 2.35. The summed E-state index contributed by atoms with van der Waals surface area (Å²) in [5, 5.41) is 2.59. The fourth-order valence-corrected chi connectivity index (χ4v) is 1.96. The Morgan fingerprint density at radius 2 is 2.05 bits per heavy atom. The summed E-state index contributed by atoms with van der Waals surface area (Å²) in [6.07, 6.45) is 1.06. The van der Waals surface area contributed by atoms with Crippen LogP contribution in [-0.4, -0.2) is 40.3 Å². The molecule has 0 atom stereocenters. The van der Waals surface area contributed by atoms with Crippen LogP contribution >= 0.6 is 0 Å². The predicted octanol–water partition coefficient (Wildman–Crippen LogP) is -0.0535. The number of carbonyl (C=O) groups is 1. The van der Waals surface area contributed by atoms with E-state index in [1.807, 2.05) is 6.92 Å². The van der Waals surface area contributed by atoms with E-state index >= 15 is 0 Å². The normalized spacial score (nSPS) is 11.1. The van der Waals surface area contributed by atoms with Gasteiger partial charge in [0.05, 0.1) is 18.6 Å². The number of ether oxygens (including phenoxy) is 1. The maximum atomic E-state index is 11.8. The monoisotopic (exact) mass is 301 g/mol. The summed E-state index contributed by atoms with van der Waals surface area (Å²) in [4.78, 5) is 11.8. The van der Waals surface area contributed by atoms with Gasteiger partial charge in [-0.3, -0.25) is 4.79 Å². The Morgan fingerprint density at radius 3 is 2.60 bits per heavy atom. The number of amides is 1. The minimum Gasteiger partial charge on any atom is -0.492 e. The summed E-state index contributed by atoms with van der Waals surface area (Å²) < 4.78 is 29.2. The minimum absolute atomic E-state index is 0.136. The molecule has 0 aromatic heterocycles. The molecule has 4 N–H and O–H groups in total. The molecule has 0 aliphatic rings. The van der Waals surface area contributed by atoms with Crippen molar-refractivity contribution in [2.75, 3.05) is 31.7 Å². The molecule has 0 aliphatic carbocycles. The summed E-state index contributed by atoms with van der Waals surface area (Å²) in [5.41, 5.74) is 6.54.